The van der Waals surface area contributed by atoms with Gasteiger partial charge in [0.1, 0.15) is 0 Å². The van der Waals surface area contributed by atoms with Crippen LogP contribution in [0.2, 0.25) is 0 Å². The van der Waals surface area contributed by atoms with E-state index in [1.165, 1.54) is 5.56 Å². The Labute approximate surface area is 95.2 Å². The third-order valence-corrected chi connectivity index (χ3v) is 3.16. The van der Waals surface area contributed by atoms with Crippen molar-refractivity contribution in [1.82, 2.24) is 0 Å². The van der Waals surface area contributed by atoms with Gasteiger partial charge in [0.2, 0.25) is 5.91 Å². The molecule has 2 rings (SSSR count). The molecule has 0 fully saturated rings. The van der Waals surface area contributed by atoms with Crippen molar-refractivity contribution in [3.63, 3.8) is 0 Å². The molecular weight excluding hydrogens is 200 g/mol. The molecule has 1 amide bonds. The van der Waals surface area contributed by atoms with E-state index < -0.39 is 0 Å². The van der Waals surface area contributed by atoms with E-state index in [4.69, 9.17) is 11.1 Å². The Balaban J connectivity index is 2.30. The normalized spacial score (nSPS) is 20.0. The fraction of sp³-hybridized carbons (Fsp3) is 0.385. The van der Waals surface area contributed by atoms with Crippen molar-refractivity contribution < 1.29 is 4.79 Å². The Morgan fingerprint density at radius 1 is 1.44 bits per heavy atom. The van der Waals surface area contributed by atoms with Crippen LogP contribution in [0, 0.1) is 11.3 Å². The summed E-state index contributed by atoms with van der Waals surface area (Å²) in [5.41, 5.74) is 8.01. The van der Waals surface area contributed by atoms with Crippen molar-refractivity contribution in [1.29, 1.82) is 5.41 Å². The van der Waals surface area contributed by atoms with Crippen LogP contribution in [-0.2, 0) is 11.2 Å². The lowest BCUT2D eigenvalue weighted by molar-refractivity contribution is -0.118. The first-order valence-electron chi connectivity index (χ1n) is 5.63. The first-order valence-corrected chi connectivity index (χ1v) is 5.63. The number of hydrogen-bond donors (Lipinski definition) is 2. The van der Waals surface area contributed by atoms with E-state index >= 15 is 0 Å². The minimum Gasteiger partial charge on any atom is -0.370 e. The van der Waals surface area contributed by atoms with Crippen LogP contribution in [0.4, 0.5) is 0 Å². The Morgan fingerprint density at radius 3 is 2.94 bits per heavy atom. The van der Waals surface area contributed by atoms with Crippen LogP contribution in [0.5, 0.6) is 0 Å². The van der Waals surface area contributed by atoms with Gasteiger partial charge < -0.3 is 11.1 Å². The van der Waals surface area contributed by atoms with E-state index in [9.17, 15) is 4.79 Å². The molecule has 3 nitrogen and oxygen atoms in total. The monoisotopic (exact) mass is 216 g/mol. The fourth-order valence-corrected chi connectivity index (χ4v) is 2.35. The van der Waals surface area contributed by atoms with Gasteiger partial charge in [0.05, 0.1) is 0 Å². The highest BCUT2D eigenvalue weighted by Crippen LogP contribution is 2.26. The van der Waals surface area contributed by atoms with E-state index in [0.29, 0.717) is 12.1 Å². The number of fused-ring (bicyclic) bond motifs is 1. The molecular formula is C13H16N2O. The highest BCUT2D eigenvalue weighted by atomic mass is 16.1. The van der Waals surface area contributed by atoms with Crippen molar-refractivity contribution in [3.05, 3.63) is 35.4 Å². The minimum atomic E-state index is -0.311. The average molecular weight is 216 g/mol. The maximum atomic E-state index is 11.0. The van der Waals surface area contributed by atoms with Gasteiger partial charge in [0, 0.05) is 18.1 Å². The number of hydrogen-bond acceptors (Lipinski definition) is 2. The number of primary amides is 1. The van der Waals surface area contributed by atoms with Gasteiger partial charge in [-0.05, 0) is 30.4 Å². The molecule has 16 heavy (non-hydrogen) atoms. The summed E-state index contributed by atoms with van der Waals surface area (Å²) in [6.07, 6.45) is 3.20. The van der Waals surface area contributed by atoms with Crippen molar-refractivity contribution in [2.45, 2.75) is 25.7 Å². The van der Waals surface area contributed by atoms with Gasteiger partial charge in [-0.1, -0.05) is 24.3 Å². The molecule has 0 aliphatic heterocycles. The van der Waals surface area contributed by atoms with E-state index in [-0.39, 0.29) is 11.8 Å². The fourth-order valence-electron chi connectivity index (χ4n) is 2.35. The van der Waals surface area contributed by atoms with Gasteiger partial charge in [-0.3, -0.25) is 4.79 Å². The van der Waals surface area contributed by atoms with Crippen molar-refractivity contribution >= 4 is 11.6 Å². The quantitative estimate of drug-likeness (QED) is 0.728. The molecule has 0 heterocycles. The van der Waals surface area contributed by atoms with Crippen LogP contribution in [0.1, 0.15) is 30.4 Å². The SMILES string of the molecule is N=C1c2ccccc2CCCC1CC(N)=O. The largest absolute Gasteiger partial charge is 0.370 e. The Morgan fingerprint density at radius 2 is 2.19 bits per heavy atom. The summed E-state index contributed by atoms with van der Waals surface area (Å²) in [6.45, 7) is 0. The van der Waals surface area contributed by atoms with Crippen LogP contribution < -0.4 is 5.73 Å². The van der Waals surface area contributed by atoms with Crippen LogP contribution in [0.15, 0.2) is 24.3 Å². The molecule has 0 saturated heterocycles. The molecule has 1 aliphatic rings. The number of rotatable bonds is 2. The molecule has 1 unspecified atom stereocenters. The zero-order valence-corrected chi connectivity index (χ0v) is 9.20. The standard InChI is InChI=1S/C13H16N2O/c14-12(16)8-10-6-3-5-9-4-1-2-7-11(9)13(10)15/h1-2,4,7,10,15H,3,5-6,8H2,(H2,14,16). The van der Waals surface area contributed by atoms with Gasteiger partial charge in [0.25, 0.3) is 0 Å². The number of carbonyl (C=O) groups is 1. The first-order chi connectivity index (χ1) is 7.68. The second-order valence-corrected chi connectivity index (χ2v) is 4.33. The van der Waals surface area contributed by atoms with E-state index in [2.05, 4.69) is 6.07 Å². The second kappa shape index (κ2) is 4.47. The second-order valence-electron chi connectivity index (χ2n) is 4.33. The van der Waals surface area contributed by atoms with Gasteiger partial charge >= 0.3 is 0 Å². The molecule has 0 spiro atoms. The Hall–Kier alpha value is -1.64. The lowest BCUT2D eigenvalue weighted by Crippen LogP contribution is -2.22. The first kappa shape index (κ1) is 10.9. The molecule has 1 aliphatic carbocycles. The lowest BCUT2D eigenvalue weighted by Gasteiger charge is -2.14. The minimum absolute atomic E-state index is 0.00106. The molecule has 0 saturated carbocycles. The van der Waals surface area contributed by atoms with Gasteiger partial charge in [-0.2, -0.15) is 0 Å². The summed E-state index contributed by atoms with van der Waals surface area (Å²) in [6, 6.07) is 7.98. The number of amides is 1. The maximum Gasteiger partial charge on any atom is 0.218 e. The van der Waals surface area contributed by atoms with Crippen LogP contribution in [0.25, 0.3) is 0 Å². The molecule has 0 bridgehead atoms. The third kappa shape index (κ3) is 2.13. The Kier molecular flexibility index (Phi) is 3.04. The molecule has 3 heteroatoms. The maximum absolute atomic E-state index is 11.0. The van der Waals surface area contributed by atoms with E-state index in [1.54, 1.807) is 0 Å². The number of carbonyl (C=O) groups excluding carboxylic acids is 1. The highest BCUT2D eigenvalue weighted by Gasteiger charge is 2.23. The predicted molar refractivity (Wildman–Crippen MR) is 63.5 cm³/mol. The van der Waals surface area contributed by atoms with Crippen molar-refractivity contribution in [2.75, 3.05) is 0 Å². The average Bonchev–Trinajstić information content (AvgIpc) is 2.40. The zero-order chi connectivity index (χ0) is 11.5. The van der Waals surface area contributed by atoms with Gasteiger partial charge in [-0.25, -0.2) is 0 Å². The Bertz CT molecular complexity index is 426. The lowest BCUT2D eigenvalue weighted by atomic mass is 9.91. The molecule has 0 aromatic heterocycles. The number of nitrogens with two attached hydrogens (primary N) is 1. The van der Waals surface area contributed by atoms with Gasteiger partial charge in [0.15, 0.2) is 0 Å². The van der Waals surface area contributed by atoms with E-state index in [0.717, 1.165) is 24.8 Å². The topological polar surface area (TPSA) is 66.9 Å². The summed E-state index contributed by atoms with van der Waals surface area (Å²) in [5.74, 6) is -0.310. The summed E-state index contributed by atoms with van der Waals surface area (Å²) < 4.78 is 0. The molecule has 1 aromatic carbocycles. The number of nitrogens with one attached hydrogen (secondary N) is 1. The van der Waals surface area contributed by atoms with Crippen molar-refractivity contribution in [3.8, 4) is 0 Å². The summed E-state index contributed by atoms with van der Waals surface area (Å²) >= 11 is 0. The summed E-state index contributed by atoms with van der Waals surface area (Å²) in [4.78, 5) is 11.0. The zero-order valence-electron chi connectivity index (χ0n) is 9.20. The smallest absolute Gasteiger partial charge is 0.218 e. The van der Waals surface area contributed by atoms with E-state index in [1.807, 2.05) is 18.2 Å². The summed E-state index contributed by atoms with van der Waals surface area (Å²) in [7, 11) is 0. The van der Waals surface area contributed by atoms with Crippen LogP contribution in [0.3, 0.4) is 0 Å². The highest BCUT2D eigenvalue weighted by molar-refractivity contribution is 6.03. The molecule has 1 atom stereocenters. The predicted octanol–water partition coefficient (Wildman–Crippen LogP) is 1.88. The number of aryl methyl sites for hydroxylation is 1. The van der Waals surface area contributed by atoms with Crippen LogP contribution in [-0.4, -0.2) is 11.6 Å². The number of benzene rings is 1. The molecule has 3 N–H and O–H groups in total. The molecule has 0 radical (unpaired) electrons. The third-order valence-electron chi connectivity index (χ3n) is 3.16. The van der Waals surface area contributed by atoms with Crippen molar-refractivity contribution in [2.24, 2.45) is 11.7 Å². The molecule has 84 valence electrons. The van der Waals surface area contributed by atoms with Gasteiger partial charge in [-0.15, -0.1) is 0 Å². The summed E-state index contributed by atoms with van der Waals surface area (Å²) in [5, 5.41) is 8.15. The van der Waals surface area contributed by atoms with Crippen LogP contribution >= 0.6 is 0 Å². The molecule has 1 aromatic rings.